The molecule has 7 nitrogen and oxygen atoms in total. The minimum atomic E-state index is -0.284. The van der Waals surface area contributed by atoms with Gasteiger partial charge in [-0.25, -0.2) is 9.89 Å². The molecule has 2 aromatic rings. The number of hydrogen-bond acceptors (Lipinski definition) is 5. The van der Waals surface area contributed by atoms with Crippen molar-refractivity contribution in [2.45, 2.75) is 24.7 Å². The molecule has 0 saturated carbocycles. The minimum absolute atomic E-state index is 0.140. The van der Waals surface area contributed by atoms with Crippen LogP contribution in [0, 0.1) is 0 Å². The molecular formula is C15H19ClN4O3S. The molecule has 9 heteroatoms. The van der Waals surface area contributed by atoms with Gasteiger partial charge in [0, 0.05) is 31.8 Å². The van der Waals surface area contributed by atoms with Crippen LogP contribution in [-0.2, 0) is 22.6 Å². The lowest BCUT2D eigenvalue weighted by Crippen LogP contribution is -2.25. The number of halogens is 1. The van der Waals surface area contributed by atoms with E-state index in [2.05, 4.69) is 15.5 Å². The van der Waals surface area contributed by atoms with Gasteiger partial charge in [0.2, 0.25) is 5.91 Å². The van der Waals surface area contributed by atoms with Crippen LogP contribution in [0.5, 0.6) is 0 Å². The summed E-state index contributed by atoms with van der Waals surface area (Å²) in [4.78, 5) is 23.6. The van der Waals surface area contributed by atoms with Crippen molar-refractivity contribution in [3.8, 4) is 0 Å². The summed E-state index contributed by atoms with van der Waals surface area (Å²) in [5.74, 6) is 0.0358. The number of methoxy groups -OCH3 is 1. The molecule has 1 aromatic heterocycles. The lowest BCUT2D eigenvalue weighted by atomic mass is 10.2. The normalized spacial score (nSPS) is 10.8. The number of carbonyl (C=O) groups excluding carboxylic acids is 1. The van der Waals surface area contributed by atoms with Crippen molar-refractivity contribution in [2.75, 3.05) is 19.5 Å². The van der Waals surface area contributed by atoms with Gasteiger partial charge in [-0.2, -0.15) is 0 Å². The number of rotatable bonds is 9. The van der Waals surface area contributed by atoms with Crippen molar-refractivity contribution in [1.82, 2.24) is 20.1 Å². The first kappa shape index (κ1) is 18.6. The maximum absolute atomic E-state index is 11.9. The molecule has 2 rings (SSSR count). The molecule has 1 aromatic carbocycles. The van der Waals surface area contributed by atoms with Crippen molar-refractivity contribution in [3.05, 3.63) is 45.3 Å². The molecule has 0 fully saturated rings. The molecule has 130 valence electrons. The second-order valence-electron chi connectivity index (χ2n) is 5.00. The van der Waals surface area contributed by atoms with Crippen LogP contribution in [0.25, 0.3) is 0 Å². The minimum Gasteiger partial charge on any atom is -0.385 e. The van der Waals surface area contributed by atoms with E-state index in [1.165, 1.54) is 16.3 Å². The van der Waals surface area contributed by atoms with Gasteiger partial charge in [-0.05, 0) is 24.1 Å². The summed E-state index contributed by atoms with van der Waals surface area (Å²) in [6, 6.07) is 7.31. The summed E-state index contributed by atoms with van der Waals surface area (Å²) in [6.45, 7) is 1.46. The number of aromatic amines is 1. The number of carbonyl (C=O) groups is 1. The van der Waals surface area contributed by atoms with Gasteiger partial charge in [-0.1, -0.05) is 35.5 Å². The van der Waals surface area contributed by atoms with Gasteiger partial charge < -0.3 is 10.1 Å². The molecule has 1 heterocycles. The molecule has 1 amide bonds. The van der Waals surface area contributed by atoms with Gasteiger partial charge in [-0.3, -0.25) is 9.36 Å². The first-order valence-corrected chi connectivity index (χ1v) is 8.74. The van der Waals surface area contributed by atoms with Crippen molar-refractivity contribution in [2.24, 2.45) is 0 Å². The zero-order chi connectivity index (χ0) is 17.4. The van der Waals surface area contributed by atoms with E-state index < -0.39 is 0 Å². The predicted molar refractivity (Wildman–Crippen MR) is 93.4 cm³/mol. The van der Waals surface area contributed by atoms with E-state index in [9.17, 15) is 9.59 Å². The lowest BCUT2D eigenvalue weighted by molar-refractivity contribution is -0.118. The highest BCUT2D eigenvalue weighted by Crippen LogP contribution is 2.13. The summed E-state index contributed by atoms with van der Waals surface area (Å²) >= 11 is 7.12. The maximum atomic E-state index is 11.9. The highest BCUT2D eigenvalue weighted by atomic mass is 35.5. The fraction of sp³-hybridized carbons (Fsp3) is 0.400. The Labute approximate surface area is 148 Å². The second kappa shape index (κ2) is 9.51. The Kier molecular flexibility index (Phi) is 7.36. The zero-order valence-corrected chi connectivity index (χ0v) is 14.8. The van der Waals surface area contributed by atoms with Gasteiger partial charge in [0.05, 0.1) is 5.75 Å². The summed E-state index contributed by atoms with van der Waals surface area (Å²) in [5, 5.41) is 10.3. The fourth-order valence-electron chi connectivity index (χ4n) is 2.01. The molecule has 0 aliphatic carbocycles. The smallest absolute Gasteiger partial charge is 0.343 e. The van der Waals surface area contributed by atoms with Crippen LogP contribution in [0.1, 0.15) is 12.0 Å². The topological polar surface area (TPSA) is 89.0 Å². The summed E-state index contributed by atoms with van der Waals surface area (Å²) in [6.07, 6.45) is 0.699. The van der Waals surface area contributed by atoms with Crippen molar-refractivity contribution in [1.29, 1.82) is 0 Å². The molecule has 2 N–H and O–H groups in total. The molecule has 0 unspecified atom stereocenters. The fourth-order valence-corrected chi connectivity index (χ4v) is 3.02. The molecule has 0 radical (unpaired) electrons. The van der Waals surface area contributed by atoms with Gasteiger partial charge in [0.1, 0.15) is 0 Å². The Balaban J connectivity index is 1.82. The van der Waals surface area contributed by atoms with Crippen molar-refractivity contribution < 1.29 is 9.53 Å². The van der Waals surface area contributed by atoms with Crippen LogP contribution < -0.4 is 11.0 Å². The van der Waals surface area contributed by atoms with Crippen LogP contribution in [0.3, 0.4) is 0 Å². The van der Waals surface area contributed by atoms with Gasteiger partial charge >= 0.3 is 5.69 Å². The number of benzene rings is 1. The largest absolute Gasteiger partial charge is 0.385 e. The molecular weight excluding hydrogens is 352 g/mol. The first-order valence-electron chi connectivity index (χ1n) is 7.38. The average Bonchev–Trinajstić information content (AvgIpc) is 2.92. The lowest BCUT2D eigenvalue weighted by Gasteiger charge is -2.07. The monoisotopic (exact) mass is 370 g/mol. The quantitative estimate of drug-likeness (QED) is 0.517. The van der Waals surface area contributed by atoms with E-state index in [0.29, 0.717) is 36.3 Å². The number of thioether (sulfide) groups is 1. The maximum Gasteiger partial charge on any atom is 0.343 e. The van der Waals surface area contributed by atoms with Crippen molar-refractivity contribution >= 4 is 29.3 Å². The number of nitrogens with zero attached hydrogens (tertiary/aromatic N) is 2. The number of aromatic nitrogens is 3. The highest BCUT2D eigenvalue weighted by Gasteiger charge is 2.11. The number of amides is 1. The molecule has 0 saturated heterocycles. The molecule has 0 bridgehead atoms. The van der Waals surface area contributed by atoms with E-state index in [1.54, 1.807) is 19.2 Å². The standard InChI is InChI=1S/C15H19ClN4O3S/c1-23-7-3-6-20-14(22)18-19-15(20)24-10-13(21)17-9-11-4-2-5-12(16)8-11/h2,4-5,8H,3,6-7,9-10H2,1H3,(H,17,21)(H,18,22). The van der Waals surface area contributed by atoms with E-state index in [1.807, 2.05) is 12.1 Å². The van der Waals surface area contributed by atoms with E-state index in [4.69, 9.17) is 16.3 Å². The van der Waals surface area contributed by atoms with Crippen molar-refractivity contribution in [3.63, 3.8) is 0 Å². The molecule has 0 atom stereocenters. The number of ether oxygens (including phenoxy) is 1. The Morgan fingerprint density at radius 1 is 1.50 bits per heavy atom. The highest BCUT2D eigenvalue weighted by molar-refractivity contribution is 7.99. The zero-order valence-electron chi connectivity index (χ0n) is 13.3. The predicted octanol–water partition coefficient (Wildman–Crippen LogP) is 1.67. The second-order valence-corrected chi connectivity index (χ2v) is 6.38. The SMILES string of the molecule is COCCCn1c(SCC(=O)NCc2cccc(Cl)c2)n[nH]c1=O. The summed E-state index contributed by atoms with van der Waals surface area (Å²) in [5.41, 5.74) is 0.644. The van der Waals surface area contributed by atoms with Gasteiger partial charge in [-0.15, -0.1) is 5.10 Å². The number of H-pyrrole nitrogens is 1. The number of hydrogen-bond donors (Lipinski definition) is 2. The summed E-state index contributed by atoms with van der Waals surface area (Å²) < 4.78 is 6.48. The van der Waals surface area contributed by atoms with E-state index in [-0.39, 0.29) is 17.3 Å². The third-order valence-corrected chi connectivity index (χ3v) is 4.38. The van der Waals surface area contributed by atoms with E-state index >= 15 is 0 Å². The van der Waals surface area contributed by atoms with Crippen LogP contribution in [0.2, 0.25) is 5.02 Å². The van der Waals surface area contributed by atoms with Crippen LogP contribution in [0.15, 0.2) is 34.2 Å². The third-order valence-electron chi connectivity index (χ3n) is 3.16. The average molecular weight is 371 g/mol. The number of nitrogens with one attached hydrogen (secondary N) is 2. The van der Waals surface area contributed by atoms with Gasteiger partial charge in [0.15, 0.2) is 5.16 Å². The van der Waals surface area contributed by atoms with Gasteiger partial charge in [0.25, 0.3) is 0 Å². The van der Waals surface area contributed by atoms with Crippen LogP contribution in [0.4, 0.5) is 0 Å². The molecule has 0 aliphatic heterocycles. The summed E-state index contributed by atoms with van der Waals surface area (Å²) in [7, 11) is 1.61. The Morgan fingerprint density at radius 3 is 3.08 bits per heavy atom. The third kappa shape index (κ3) is 5.70. The molecule has 24 heavy (non-hydrogen) atoms. The van der Waals surface area contributed by atoms with Crippen LogP contribution in [-0.4, -0.2) is 40.1 Å². The Morgan fingerprint density at radius 2 is 2.33 bits per heavy atom. The van der Waals surface area contributed by atoms with E-state index in [0.717, 1.165) is 5.56 Å². The first-order chi connectivity index (χ1) is 11.6. The Hall–Kier alpha value is -1.77. The Bertz CT molecular complexity index is 732. The van der Waals surface area contributed by atoms with Crippen LogP contribution >= 0.6 is 23.4 Å². The molecule has 0 spiro atoms. The molecule has 0 aliphatic rings.